The maximum atomic E-state index is 12.7. The van der Waals surface area contributed by atoms with E-state index < -0.39 is 0 Å². The minimum Gasteiger partial charge on any atom is -0.310 e. The molecular formula is C22H21N5O. The second-order valence-electron chi connectivity index (χ2n) is 6.47. The highest BCUT2D eigenvalue weighted by molar-refractivity contribution is 6.02. The van der Waals surface area contributed by atoms with E-state index in [0.717, 1.165) is 35.3 Å². The van der Waals surface area contributed by atoms with Crippen LogP contribution in [0.4, 0.5) is 5.95 Å². The van der Waals surface area contributed by atoms with Crippen molar-refractivity contribution in [3.63, 3.8) is 0 Å². The highest BCUT2D eigenvalue weighted by Crippen LogP contribution is 2.20. The Hall–Kier alpha value is -3.54. The summed E-state index contributed by atoms with van der Waals surface area (Å²) < 4.78 is 2.02. The van der Waals surface area contributed by atoms with Gasteiger partial charge in [0.15, 0.2) is 0 Å². The second kappa shape index (κ2) is 8.00. The Morgan fingerprint density at radius 1 is 0.964 bits per heavy atom. The van der Waals surface area contributed by atoms with Gasteiger partial charge in [-0.2, -0.15) is 0 Å². The van der Waals surface area contributed by atoms with E-state index in [-0.39, 0.29) is 5.91 Å². The number of nitrogens with one attached hydrogen (secondary N) is 1. The van der Waals surface area contributed by atoms with Crippen LogP contribution < -0.4 is 5.32 Å². The lowest BCUT2D eigenvalue weighted by molar-refractivity contribution is 0.102. The lowest BCUT2D eigenvalue weighted by Crippen LogP contribution is -2.18. The molecular weight excluding hydrogens is 350 g/mol. The number of aromatic nitrogens is 4. The van der Waals surface area contributed by atoms with Gasteiger partial charge in [0, 0.05) is 30.6 Å². The Morgan fingerprint density at radius 3 is 2.61 bits per heavy atom. The molecule has 0 unspecified atom stereocenters. The summed E-state index contributed by atoms with van der Waals surface area (Å²) in [6.45, 7) is 2.68. The van der Waals surface area contributed by atoms with Gasteiger partial charge in [-0.15, -0.1) is 0 Å². The zero-order valence-electron chi connectivity index (χ0n) is 15.7. The van der Waals surface area contributed by atoms with Gasteiger partial charge in [-0.05, 0) is 42.8 Å². The molecule has 3 heterocycles. The number of hydrogen-bond donors (Lipinski definition) is 1. The average Bonchev–Trinajstić information content (AvgIpc) is 3.10. The molecule has 6 heteroatoms. The van der Waals surface area contributed by atoms with Crippen LogP contribution in [0.2, 0.25) is 0 Å². The first kappa shape index (κ1) is 17.9. The first-order valence-corrected chi connectivity index (χ1v) is 9.37. The number of benzene rings is 1. The molecule has 0 aliphatic heterocycles. The zero-order valence-corrected chi connectivity index (χ0v) is 15.7. The molecule has 4 aromatic rings. The van der Waals surface area contributed by atoms with Gasteiger partial charge < -0.3 is 4.57 Å². The average molecular weight is 371 g/mol. The lowest BCUT2D eigenvalue weighted by Gasteiger charge is -2.10. The molecule has 28 heavy (non-hydrogen) atoms. The van der Waals surface area contributed by atoms with Crippen molar-refractivity contribution < 1.29 is 4.79 Å². The number of aryl methyl sites for hydroxylation is 3. The van der Waals surface area contributed by atoms with Gasteiger partial charge in [0.2, 0.25) is 5.95 Å². The number of amides is 1. The number of anilines is 1. The smallest absolute Gasteiger partial charge is 0.276 e. The summed E-state index contributed by atoms with van der Waals surface area (Å²) in [6.07, 6.45) is 3.31. The molecule has 0 aliphatic carbocycles. The zero-order chi connectivity index (χ0) is 19.3. The van der Waals surface area contributed by atoms with E-state index in [1.54, 1.807) is 12.3 Å². The third-order valence-corrected chi connectivity index (χ3v) is 4.60. The summed E-state index contributed by atoms with van der Waals surface area (Å²) in [4.78, 5) is 26.2. The van der Waals surface area contributed by atoms with E-state index in [1.165, 1.54) is 0 Å². The molecule has 1 amide bonds. The third kappa shape index (κ3) is 3.76. The predicted octanol–water partition coefficient (Wildman–Crippen LogP) is 3.88. The largest absolute Gasteiger partial charge is 0.310 e. The third-order valence-electron chi connectivity index (χ3n) is 4.60. The number of nitrogens with zero attached hydrogens (tertiary/aromatic N) is 4. The highest BCUT2D eigenvalue weighted by Gasteiger charge is 2.15. The van der Waals surface area contributed by atoms with Crippen LogP contribution in [0, 0.1) is 0 Å². The van der Waals surface area contributed by atoms with E-state index >= 15 is 0 Å². The van der Waals surface area contributed by atoms with E-state index in [4.69, 9.17) is 0 Å². The van der Waals surface area contributed by atoms with E-state index in [2.05, 4.69) is 20.3 Å². The molecule has 0 fully saturated rings. The van der Waals surface area contributed by atoms with Gasteiger partial charge in [0.05, 0.1) is 11.0 Å². The van der Waals surface area contributed by atoms with Gasteiger partial charge in [-0.25, -0.2) is 9.97 Å². The Balaban J connectivity index is 1.63. The van der Waals surface area contributed by atoms with Crippen LogP contribution in [0.25, 0.3) is 11.0 Å². The van der Waals surface area contributed by atoms with Crippen molar-refractivity contribution in [3.05, 3.63) is 83.9 Å². The number of pyridine rings is 2. The molecule has 0 bridgehead atoms. The Kier molecular flexibility index (Phi) is 5.10. The standard InChI is InChI=1S/C22H21N5O/c1-2-16-9-7-11-19(24-16)21(28)26-22-25-18-10-3-4-12-20(18)27(22)15-13-17-8-5-6-14-23-17/h3-12,14H,2,13,15H2,1H3,(H,25,26,28). The predicted molar refractivity (Wildman–Crippen MR) is 109 cm³/mol. The van der Waals surface area contributed by atoms with Gasteiger partial charge in [-0.3, -0.25) is 15.1 Å². The minimum absolute atomic E-state index is 0.260. The molecule has 3 aromatic heterocycles. The van der Waals surface area contributed by atoms with Crippen molar-refractivity contribution in [1.82, 2.24) is 19.5 Å². The summed E-state index contributed by atoms with van der Waals surface area (Å²) in [5.74, 6) is 0.260. The summed E-state index contributed by atoms with van der Waals surface area (Å²) in [5.41, 5.74) is 4.09. The van der Waals surface area contributed by atoms with E-state index in [0.29, 0.717) is 18.2 Å². The monoisotopic (exact) mass is 371 g/mol. The van der Waals surface area contributed by atoms with Gasteiger partial charge in [0.25, 0.3) is 5.91 Å². The van der Waals surface area contributed by atoms with Crippen molar-refractivity contribution in [1.29, 1.82) is 0 Å². The van der Waals surface area contributed by atoms with Crippen molar-refractivity contribution in [3.8, 4) is 0 Å². The summed E-state index contributed by atoms with van der Waals surface area (Å²) >= 11 is 0. The molecule has 0 saturated heterocycles. The normalized spacial score (nSPS) is 10.9. The highest BCUT2D eigenvalue weighted by atomic mass is 16.2. The molecule has 6 nitrogen and oxygen atoms in total. The molecule has 1 aromatic carbocycles. The number of carbonyl (C=O) groups is 1. The van der Waals surface area contributed by atoms with Gasteiger partial charge in [0.1, 0.15) is 5.69 Å². The van der Waals surface area contributed by atoms with Crippen molar-refractivity contribution in [2.24, 2.45) is 0 Å². The van der Waals surface area contributed by atoms with Crippen LogP contribution in [0.3, 0.4) is 0 Å². The van der Waals surface area contributed by atoms with E-state index in [9.17, 15) is 4.79 Å². The Bertz CT molecular complexity index is 1100. The Morgan fingerprint density at radius 2 is 1.79 bits per heavy atom. The maximum Gasteiger partial charge on any atom is 0.276 e. The molecule has 0 radical (unpaired) electrons. The van der Waals surface area contributed by atoms with Crippen molar-refractivity contribution in [2.75, 3.05) is 5.32 Å². The molecule has 1 N–H and O–H groups in total. The van der Waals surface area contributed by atoms with Crippen LogP contribution in [0.15, 0.2) is 66.9 Å². The number of hydrogen-bond acceptors (Lipinski definition) is 4. The number of imidazole rings is 1. The van der Waals surface area contributed by atoms with Crippen LogP contribution in [0.1, 0.15) is 28.8 Å². The number of fused-ring (bicyclic) bond motifs is 1. The van der Waals surface area contributed by atoms with E-state index in [1.807, 2.05) is 66.1 Å². The fourth-order valence-corrected chi connectivity index (χ4v) is 3.14. The molecule has 4 rings (SSSR count). The van der Waals surface area contributed by atoms with Crippen LogP contribution in [-0.2, 0) is 19.4 Å². The molecule has 0 atom stereocenters. The van der Waals surface area contributed by atoms with Crippen molar-refractivity contribution >= 4 is 22.9 Å². The number of carbonyl (C=O) groups excluding carboxylic acids is 1. The van der Waals surface area contributed by atoms with Gasteiger partial charge in [-0.1, -0.05) is 31.2 Å². The SMILES string of the molecule is CCc1cccc(C(=O)Nc2nc3ccccc3n2CCc2ccccn2)n1. The first-order valence-electron chi connectivity index (χ1n) is 9.37. The fraction of sp³-hybridized carbons (Fsp3) is 0.182. The summed E-state index contributed by atoms with van der Waals surface area (Å²) in [5, 5.41) is 2.93. The summed E-state index contributed by atoms with van der Waals surface area (Å²) in [6, 6.07) is 19.2. The second-order valence-corrected chi connectivity index (χ2v) is 6.47. The van der Waals surface area contributed by atoms with Crippen molar-refractivity contribution in [2.45, 2.75) is 26.3 Å². The topological polar surface area (TPSA) is 72.7 Å². The molecule has 0 spiro atoms. The number of rotatable bonds is 6. The van der Waals surface area contributed by atoms with Crippen LogP contribution in [0.5, 0.6) is 0 Å². The molecule has 0 saturated carbocycles. The minimum atomic E-state index is -0.260. The Labute approximate surface area is 163 Å². The molecule has 0 aliphatic rings. The number of para-hydroxylation sites is 2. The van der Waals surface area contributed by atoms with Crippen LogP contribution >= 0.6 is 0 Å². The lowest BCUT2D eigenvalue weighted by atomic mass is 10.2. The summed E-state index contributed by atoms with van der Waals surface area (Å²) in [7, 11) is 0. The quantitative estimate of drug-likeness (QED) is 0.558. The maximum absolute atomic E-state index is 12.7. The molecule has 140 valence electrons. The fourth-order valence-electron chi connectivity index (χ4n) is 3.14. The van der Waals surface area contributed by atoms with Gasteiger partial charge >= 0.3 is 0 Å². The van der Waals surface area contributed by atoms with Crippen LogP contribution in [-0.4, -0.2) is 25.4 Å². The first-order chi connectivity index (χ1) is 13.7.